The lowest BCUT2D eigenvalue weighted by Crippen LogP contribution is -2.22. The number of aromatic nitrogens is 2. The van der Waals surface area contributed by atoms with Crippen molar-refractivity contribution in [2.24, 2.45) is 0 Å². The molecule has 17 heavy (non-hydrogen) atoms. The van der Waals surface area contributed by atoms with Crippen LogP contribution in [0.15, 0.2) is 0 Å². The molecule has 1 aromatic rings. The molecule has 0 amide bonds. The standard InChI is InChI=1S/C12H20N2O3/c1-8-10(15)11(14-9(2)13-8)16-6-7-17-12(3,4)5/h15H,6-7H2,1-5H3. The average molecular weight is 240 g/mol. The van der Waals surface area contributed by atoms with Gasteiger partial charge in [0.2, 0.25) is 0 Å². The van der Waals surface area contributed by atoms with Crippen LogP contribution in [0.2, 0.25) is 0 Å². The summed E-state index contributed by atoms with van der Waals surface area (Å²) in [6.07, 6.45) is 0. The van der Waals surface area contributed by atoms with Crippen molar-refractivity contribution in [1.82, 2.24) is 9.97 Å². The molecule has 0 bridgehead atoms. The predicted octanol–water partition coefficient (Wildman–Crippen LogP) is 1.99. The van der Waals surface area contributed by atoms with Gasteiger partial charge in [0.05, 0.1) is 17.9 Å². The van der Waals surface area contributed by atoms with Gasteiger partial charge < -0.3 is 14.6 Å². The number of ether oxygens (including phenoxy) is 2. The van der Waals surface area contributed by atoms with E-state index < -0.39 is 0 Å². The average Bonchev–Trinajstić information content (AvgIpc) is 2.18. The largest absolute Gasteiger partial charge is 0.502 e. The summed E-state index contributed by atoms with van der Waals surface area (Å²) in [6.45, 7) is 10.2. The highest BCUT2D eigenvalue weighted by Gasteiger charge is 2.12. The SMILES string of the molecule is Cc1nc(C)c(O)c(OCCOC(C)(C)C)n1. The summed E-state index contributed by atoms with van der Waals surface area (Å²) in [5.74, 6) is 0.783. The van der Waals surface area contributed by atoms with Crippen molar-refractivity contribution in [1.29, 1.82) is 0 Å². The fourth-order valence-corrected chi connectivity index (χ4v) is 1.26. The number of hydrogen-bond donors (Lipinski definition) is 1. The Hall–Kier alpha value is -1.36. The van der Waals surface area contributed by atoms with Crippen molar-refractivity contribution < 1.29 is 14.6 Å². The zero-order valence-corrected chi connectivity index (χ0v) is 11.1. The van der Waals surface area contributed by atoms with Crippen LogP contribution >= 0.6 is 0 Å². The monoisotopic (exact) mass is 240 g/mol. The van der Waals surface area contributed by atoms with Gasteiger partial charge in [-0.1, -0.05) is 0 Å². The number of aryl methyl sites for hydroxylation is 2. The molecule has 0 saturated heterocycles. The van der Waals surface area contributed by atoms with Crippen LogP contribution in [-0.2, 0) is 4.74 Å². The third-order valence-electron chi connectivity index (χ3n) is 2.00. The molecule has 0 unspecified atom stereocenters. The van der Waals surface area contributed by atoms with E-state index in [-0.39, 0.29) is 17.2 Å². The van der Waals surface area contributed by atoms with E-state index in [0.29, 0.717) is 24.7 Å². The molecule has 0 spiro atoms. The molecule has 1 aromatic heterocycles. The first kappa shape index (κ1) is 13.7. The molecule has 5 heteroatoms. The van der Waals surface area contributed by atoms with Crippen molar-refractivity contribution in [3.8, 4) is 11.6 Å². The minimum Gasteiger partial charge on any atom is -0.502 e. The molecule has 1 rings (SSSR count). The lowest BCUT2D eigenvalue weighted by molar-refractivity contribution is -0.0171. The lowest BCUT2D eigenvalue weighted by Gasteiger charge is -2.19. The van der Waals surface area contributed by atoms with E-state index in [1.165, 1.54) is 0 Å². The molecule has 1 N–H and O–H groups in total. The lowest BCUT2D eigenvalue weighted by atomic mass is 10.2. The zero-order chi connectivity index (χ0) is 13.1. The molecule has 1 heterocycles. The number of hydrogen-bond acceptors (Lipinski definition) is 5. The Labute approximate surface area is 102 Å². The summed E-state index contributed by atoms with van der Waals surface area (Å²) < 4.78 is 10.9. The normalized spacial score (nSPS) is 11.6. The molecule has 0 fully saturated rings. The van der Waals surface area contributed by atoms with Gasteiger partial charge in [0.25, 0.3) is 5.88 Å². The summed E-state index contributed by atoms with van der Waals surface area (Å²) >= 11 is 0. The van der Waals surface area contributed by atoms with Crippen LogP contribution < -0.4 is 4.74 Å². The Bertz CT molecular complexity index is 386. The molecule has 0 aliphatic rings. The molecule has 0 atom stereocenters. The number of rotatable bonds is 4. The van der Waals surface area contributed by atoms with E-state index in [4.69, 9.17) is 9.47 Å². The first-order valence-electron chi connectivity index (χ1n) is 5.60. The molecule has 0 aliphatic carbocycles. The highest BCUT2D eigenvalue weighted by atomic mass is 16.5. The molecule has 96 valence electrons. The Balaban J connectivity index is 2.52. The maximum absolute atomic E-state index is 9.69. The second kappa shape index (κ2) is 5.31. The first-order chi connectivity index (χ1) is 7.79. The van der Waals surface area contributed by atoms with Crippen LogP contribution in [0.3, 0.4) is 0 Å². The van der Waals surface area contributed by atoms with Crippen molar-refractivity contribution in [3.63, 3.8) is 0 Å². The zero-order valence-electron chi connectivity index (χ0n) is 11.1. The summed E-state index contributed by atoms with van der Waals surface area (Å²) in [6, 6.07) is 0. The Morgan fingerprint density at radius 2 is 1.76 bits per heavy atom. The van der Waals surface area contributed by atoms with Crippen molar-refractivity contribution in [3.05, 3.63) is 11.5 Å². The highest BCUT2D eigenvalue weighted by molar-refractivity contribution is 5.35. The molecular formula is C12H20N2O3. The summed E-state index contributed by atoms with van der Waals surface area (Å²) in [4.78, 5) is 8.06. The third kappa shape index (κ3) is 4.56. The molecule has 5 nitrogen and oxygen atoms in total. The predicted molar refractivity (Wildman–Crippen MR) is 64.4 cm³/mol. The molecule has 0 aliphatic heterocycles. The Morgan fingerprint density at radius 1 is 1.12 bits per heavy atom. The van der Waals surface area contributed by atoms with Crippen molar-refractivity contribution in [2.45, 2.75) is 40.2 Å². The van der Waals surface area contributed by atoms with Gasteiger partial charge in [-0.15, -0.1) is 0 Å². The second-order valence-electron chi connectivity index (χ2n) is 4.82. The molecule has 0 radical (unpaired) electrons. The topological polar surface area (TPSA) is 64.5 Å². The van der Waals surface area contributed by atoms with Crippen molar-refractivity contribution in [2.75, 3.05) is 13.2 Å². The number of nitrogens with zero attached hydrogens (tertiary/aromatic N) is 2. The highest BCUT2D eigenvalue weighted by Crippen LogP contribution is 2.25. The van der Waals surface area contributed by atoms with E-state index in [2.05, 4.69) is 9.97 Å². The summed E-state index contributed by atoms with van der Waals surface area (Å²) in [5, 5.41) is 9.69. The summed E-state index contributed by atoms with van der Waals surface area (Å²) in [7, 11) is 0. The van der Waals surface area contributed by atoms with Gasteiger partial charge in [-0.25, -0.2) is 4.98 Å². The van der Waals surface area contributed by atoms with Gasteiger partial charge in [0.15, 0.2) is 5.75 Å². The van der Waals surface area contributed by atoms with Gasteiger partial charge in [-0.05, 0) is 34.6 Å². The molecule has 0 saturated carbocycles. The Morgan fingerprint density at radius 3 is 2.35 bits per heavy atom. The van der Waals surface area contributed by atoms with Gasteiger partial charge in [-0.2, -0.15) is 4.98 Å². The van der Waals surface area contributed by atoms with E-state index in [1.807, 2.05) is 20.8 Å². The second-order valence-corrected chi connectivity index (χ2v) is 4.82. The fourth-order valence-electron chi connectivity index (χ4n) is 1.26. The maximum atomic E-state index is 9.69. The van der Waals surface area contributed by atoms with Crippen LogP contribution in [0.25, 0.3) is 0 Å². The van der Waals surface area contributed by atoms with E-state index >= 15 is 0 Å². The smallest absolute Gasteiger partial charge is 0.260 e. The van der Waals surface area contributed by atoms with Gasteiger partial charge in [-0.3, -0.25) is 0 Å². The van der Waals surface area contributed by atoms with Crippen LogP contribution in [0.5, 0.6) is 11.6 Å². The van der Waals surface area contributed by atoms with Crippen LogP contribution in [0.1, 0.15) is 32.3 Å². The van der Waals surface area contributed by atoms with Gasteiger partial charge >= 0.3 is 0 Å². The van der Waals surface area contributed by atoms with Crippen LogP contribution in [0, 0.1) is 13.8 Å². The minimum absolute atomic E-state index is 0.00800. The van der Waals surface area contributed by atoms with E-state index in [1.54, 1.807) is 13.8 Å². The fraction of sp³-hybridized carbons (Fsp3) is 0.667. The molecular weight excluding hydrogens is 220 g/mol. The van der Waals surface area contributed by atoms with Gasteiger partial charge in [0, 0.05) is 0 Å². The van der Waals surface area contributed by atoms with E-state index in [0.717, 1.165) is 0 Å². The number of aromatic hydroxyl groups is 1. The summed E-state index contributed by atoms with van der Waals surface area (Å²) in [5.41, 5.74) is 0.326. The minimum atomic E-state index is -0.192. The quantitative estimate of drug-likeness (QED) is 0.815. The Kier molecular flexibility index (Phi) is 4.28. The third-order valence-corrected chi connectivity index (χ3v) is 2.00. The van der Waals surface area contributed by atoms with Gasteiger partial charge in [0.1, 0.15) is 12.4 Å². The maximum Gasteiger partial charge on any atom is 0.260 e. The van der Waals surface area contributed by atoms with Crippen LogP contribution in [-0.4, -0.2) is 33.9 Å². The first-order valence-corrected chi connectivity index (χ1v) is 5.60. The van der Waals surface area contributed by atoms with Crippen LogP contribution in [0.4, 0.5) is 0 Å². The molecule has 0 aromatic carbocycles. The van der Waals surface area contributed by atoms with E-state index in [9.17, 15) is 5.11 Å². The van der Waals surface area contributed by atoms with Crippen molar-refractivity contribution >= 4 is 0 Å².